The number of benzene rings is 1. The van der Waals surface area contributed by atoms with E-state index >= 15 is 0 Å². The Labute approximate surface area is 114 Å². The molecule has 0 bridgehead atoms. The van der Waals surface area contributed by atoms with Crippen LogP contribution in [-0.4, -0.2) is 32.9 Å². The molecular weight excluding hydrogens is 250 g/mol. The first-order valence-electron chi connectivity index (χ1n) is 6.27. The van der Waals surface area contributed by atoms with Crippen molar-refractivity contribution in [3.63, 3.8) is 0 Å². The van der Waals surface area contributed by atoms with Crippen LogP contribution in [0.5, 0.6) is 5.75 Å². The zero-order valence-corrected chi connectivity index (χ0v) is 12.1. The number of hydrogen-bond donors (Lipinski definition) is 1. The van der Waals surface area contributed by atoms with Crippen LogP contribution in [0.25, 0.3) is 0 Å². The van der Waals surface area contributed by atoms with Crippen molar-refractivity contribution in [1.29, 1.82) is 0 Å². The predicted octanol–water partition coefficient (Wildman–Crippen LogP) is 2.91. The lowest BCUT2D eigenvalue weighted by molar-refractivity contribution is 0.137. The van der Waals surface area contributed by atoms with Crippen molar-refractivity contribution in [2.45, 2.75) is 26.3 Å². The van der Waals surface area contributed by atoms with Crippen LogP contribution in [0, 0.1) is 0 Å². The van der Waals surface area contributed by atoms with Gasteiger partial charge in [-0.2, -0.15) is 0 Å². The summed E-state index contributed by atoms with van der Waals surface area (Å²) >= 11 is 5.96. The molecule has 0 radical (unpaired) electrons. The predicted molar refractivity (Wildman–Crippen MR) is 75.7 cm³/mol. The number of ether oxygens (including phenoxy) is 2. The largest absolute Gasteiger partial charge is 0.496 e. The summed E-state index contributed by atoms with van der Waals surface area (Å²) in [4.78, 5) is 0. The Bertz CT molecular complexity index is 356. The fourth-order valence-corrected chi connectivity index (χ4v) is 1.84. The number of nitrogens with one attached hydrogen (secondary N) is 1. The van der Waals surface area contributed by atoms with Crippen molar-refractivity contribution in [2.75, 3.05) is 26.9 Å². The maximum absolute atomic E-state index is 5.96. The highest BCUT2D eigenvalue weighted by Crippen LogP contribution is 2.22. The molecule has 1 N–H and O–H groups in total. The fourth-order valence-electron chi connectivity index (χ4n) is 1.65. The van der Waals surface area contributed by atoms with E-state index in [-0.39, 0.29) is 0 Å². The summed E-state index contributed by atoms with van der Waals surface area (Å²) < 4.78 is 10.8. The molecule has 3 nitrogen and oxygen atoms in total. The van der Waals surface area contributed by atoms with Crippen LogP contribution in [0.3, 0.4) is 0 Å². The van der Waals surface area contributed by atoms with Crippen LogP contribution < -0.4 is 10.1 Å². The smallest absolute Gasteiger partial charge is 0.122 e. The maximum atomic E-state index is 5.96. The molecule has 0 aliphatic heterocycles. The van der Waals surface area contributed by atoms with Gasteiger partial charge in [0.1, 0.15) is 5.75 Å². The minimum absolute atomic E-state index is 0.502. The summed E-state index contributed by atoms with van der Waals surface area (Å²) in [5, 5.41) is 4.03. The molecule has 0 aromatic heterocycles. The summed E-state index contributed by atoms with van der Waals surface area (Å²) in [5.41, 5.74) is 1.09. The first-order chi connectivity index (χ1) is 8.63. The van der Waals surface area contributed by atoms with Crippen molar-refractivity contribution in [1.82, 2.24) is 5.32 Å². The highest BCUT2D eigenvalue weighted by molar-refractivity contribution is 6.30. The molecule has 0 aliphatic carbocycles. The third kappa shape index (κ3) is 5.71. The van der Waals surface area contributed by atoms with Gasteiger partial charge >= 0.3 is 0 Å². The summed E-state index contributed by atoms with van der Waals surface area (Å²) in [6.45, 7) is 6.52. The lowest BCUT2D eigenvalue weighted by Gasteiger charge is -2.10. The minimum atomic E-state index is 0.502. The van der Waals surface area contributed by atoms with Gasteiger partial charge in [-0.15, -0.1) is 0 Å². The van der Waals surface area contributed by atoms with Crippen LogP contribution in [0.2, 0.25) is 5.02 Å². The number of rotatable bonds is 8. The Kier molecular flexibility index (Phi) is 7.09. The topological polar surface area (TPSA) is 30.5 Å². The first kappa shape index (κ1) is 15.3. The Morgan fingerprint density at radius 3 is 2.72 bits per heavy atom. The van der Waals surface area contributed by atoms with Crippen LogP contribution in [0.4, 0.5) is 0 Å². The van der Waals surface area contributed by atoms with E-state index in [9.17, 15) is 0 Å². The molecule has 1 aromatic rings. The van der Waals surface area contributed by atoms with E-state index in [1.807, 2.05) is 18.2 Å². The molecule has 0 amide bonds. The second-order valence-electron chi connectivity index (χ2n) is 4.43. The molecule has 1 aromatic carbocycles. The van der Waals surface area contributed by atoms with E-state index in [4.69, 9.17) is 21.1 Å². The Balaban J connectivity index is 2.28. The molecule has 0 fully saturated rings. The zero-order valence-electron chi connectivity index (χ0n) is 11.3. The van der Waals surface area contributed by atoms with E-state index < -0.39 is 0 Å². The van der Waals surface area contributed by atoms with Crippen molar-refractivity contribution in [3.8, 4) is 5.75 Å². The summed E-state index contributed by atoms with van der Waals surface area (Å²) in [6, 6.07) is 6.15. The van der Waals surface area contributed by atoms with Gasteiger partial charge < -0.3 is 14.8 Å². The molecule has 0 spiro atoms. The lowest BCUT2D eigenvalue weighted by atomic mass is 10.1. The fraction of sp³-hybridized carbons (Fsp3) is 0.571. The molecule has 0 saturated carbocycles. The number of hydrogen-bond acceptors (Lipinski definition) is 3. The molecular formula is C14H22ClNO2. The lowest BCUT2D eigenvalue weighted by Crippen LogP contribution is -2.26. The molecule has 4 heteroatoms. The molecule has 0 atom stereocenters. The van der Waals surface area contributed by atoms with Crippen molar-refractivity contribution in [3.05, 3.63) is 28.8 Å². The van der Waals surface area contributed by atoms with Gasteiger partial charge in [0.05, 0.1) is 20.3 Å². The van der Waals surface area contributed by atoms with Gasteiger partial charge in [0.25, 0.3) is 0 Å². The molecule has 102 valence electrons. The van der Waals surface area contributed by atoms with E-state index in [0.717, 1.165) is 35.9 Å². The van der Waals surface area contributed by atoms with Gasteiger partial charge in [0.15, 0.2) is 0 Å². The summed E-state index contributed by atoms with van der Waals surface area (Å²) in [7, 11) is 1.67. The molecule has 0 saturated heterocycles. The monoisotopic (exact) mass is 271 g/mol. The van der Waals surface area contributed by atoms with E-state index in [1.165, 1.54) is 0 Å². The van der Waals surface area contributed by atoms with Gasteiger partial charge in [0.2, 0.25) is 0 Å². The first-order valence-corrected chi connectivity index (χ1v) is 6.65. The minimum Gasteiger partial charge on any atom is -0.496 e. The Hall–Kier alpha value is -0.770. The average Bonchev–Trinajstić information content (AvgIpc) is 2.33. The standard InChI is InChI=1S/C14H22ClNO2/c1-11(2)16-7-9-18-8-6-12-10-13(15)4-5-14(12)17-3/h4-5,10-11,16H,6-9H2,1-3H3. The number of methoxy groups -OCH3 is 1. The van der Waals surface area contributed by atoms with Crippen LogP contribution in [0.1, 0.15) is 19.4 Å². The summed E-state index contributed by atoms with van der Waals surface area (Å²) in [6.07, 6.45) is 0.811. The zero-order chi connectivity index (χ0) is 13.4. The van der Waals surface area contributed by atoms with Crippen molar-refractivity contribution >= 4 is 11.6 Å². The molecule has 18 heavy (non-hydrogen) atoms. The third-order valence-electron chi connectivity index (χ3n) is 2.56. The van der Waals surface area contributed by atoms with Crippen molar-refractivity contribution in [2.24, 2.45) is 0 Å². The normalized spacial score (nSPS) is 10.9. The van der Waals surface area contributed by atoms with E-state index in [0.29, 0.717) is 12.6 Å². The van der Waals surface area contributed by atoms with Gasteiger partial charge in [-0.3, -0.25) is 0 Å². The molecule has 0 heterocycles. The average molecular weight is 272 g/mol. The van der Waals surface area contributed by atoms with E-state index in [1.54, 1.807) is 7.11 Å². The van der Waals surface area contributed by atoms with Crippen LogP contribution in [-0.2, 0) is 11.2 Å². The molecule has 0 aliphatic rings. The van der Waals surface area contributed by atoms with Gasteiger partial charge in [-0.1, -0.05) is 25.4 Å². The second-order valence-corrected chi connectivity index (χ2v) is 4.86. The molecule has 0 unspecified atom stereocenters. The van der Waals surface area contributed by atoms with Crippen LogP contribution >= 0.6 is 11.6 Å². The Morgan fingerprint density at radius 1 is 1.28 bits per heavy atom. The highest BCUT2D eigenvalue weighted by Gasteiger charge is 2.03. The highest BCUT2D eigenvalue weighted by atomic mass is 35.5. The molecule has 1 rings (SSSR count). The third-order valence-corrected chi connectivity index (χ3v) is 2.79. The van der Waals surface area contributed by atoms with Crippen LogP contribution in [0.15, 0.2) is 18.2 Å². The summed E-state index contributed by atoms with van der Waals surface area (Å²) in [5.74, 6) is 0.864. The van der Waals surface area contributed by atoms with Gasteiger partial charge in [-0.05, 0) is 30.2 Å². The second kappa shape index (κ2) is 8.35. The quantitative estimate of drug-likeness (QED) is 0.738. The van der Waals surface area contributed by atoms with Crippen molar-refractivity contribution < 1.29 is 9.47 Å². The number of halogens is 1. The Morgan fingerprint density at radius 2 is 2.06 bits per heavy atom. The van der Waals surface area contributed by atoms with Gasteiger partial charge in [0, 0.05) is 17.6 Å². The SMILES string of the molecule is COc1ccc(Cl)cc1CCOCCNC(C)C. The maximum Gasteiger partial charge on any atom is 0.122 e. The van der Waals surface area contributed by atoms with E-state index in [2.05, 4.69) is 19.2 Å². The van der Waals surface area contributed by atoms with Gasteiger partial charge in [-0.25, -0.2) is 0 Å².